The van der Waals surface area contributed by atoms with Crippen LogP contribution < -0.4 is 5.32 Å². The number of fused-ring (bicyclic) bond motifs is 1. The Kier molecular flexibility index (Phi) is 3.41. The van der Waals surface area contributed by atoms with E-state index >= 15 is 0 Å². The SMILES string of the molecule is O=[N+]([O-])c1ccc(NCn2nnc3ccccc32)cc1Cl. The van der Waals surface area contributed by atoms with Gasteiger partial charge in [0.15, 0.2) is 0 Å². The third-order valence-corrected chi connectivity index (χ3v) is 3.30. The van der Waals surface area contributed by atoms with Crippen molar-refractivity contribution in [3.05, 3.63) is 57.6 Å². The van der Waals surface area contributed by atoms with E-state index in [1.165, 1.54) is 12.1 Å². The Morgan fingerprint density at radius 3 is 2.86 bits per heavy atom. The Morgan fingerprint density at radius 2 is 2.10 bits per heavy atom. The standard InChI is InChI=1S/C13H10ClN5O2/c14-10-7-9(5-6-12(10)19(20)21)15-8-18-13-4-2-1-3-11(13)16-17-18/h1-7,15H,8H2. The zero-order valence-electron chi connectivity index (χ0n) is 10.7. The van der Waals surface area contributed by atoms with Gasteiger partial charge in [0.05, 0.1) is 10.4 Å². The first kappa shape index (κ1) is 13.3. The second-order valence-corrected chi connectivity index (χ2v) is 4.74. The molecule has 1 N–H and O–H groups in total. The summed E-state index contributed by atoms with van der Waals surface area (Å²) < 4.78 is 1.70. The number of para-hydroxylation sites is 1. The van der Waals surface area contributed by atoms with Gasteiger partial charge in [-0.05, 0) is 24.3 Å². The number of anilines is 1. The zero-order valence-corrected chi connectivity index (χ0v) is 11.5. The number of halogens is 1. The van der Waals surface area contributed by atoms with Crippen LogP contribution >= 0.6 is 11.6 Å². The minimum Gasteiger partial charge on any atom is -0.366 e. The number of nitro benzene ring substituents is 1. The van der Waals surface area contributed by atoms with Gasteiger partial charge in [0.1, 0.15) is 17.2 Å². The van der Waals surface area contributed by atoms with E-state index in [0.29, 0.717) is 12.4 Å². The van der Waals surface area contributed by atoms with Gasteiger partial charge in [-0.3, -0.25) is 10.1 Å². The molecule has 0 amide bonds. The summed E-state index contributed by atoms with van der Waals surface area (Å²) in [5.41, 5.74) is 2.26. The van der Waals surface area contributed by atoms with Gasteiger partial charge in [-0.25, -0.2) is 4.68 Å². The fourth-order valence-corrected chi connectivity index (χ4v) is 2.21. The fraction of sp³-hybridized carbons (Fsp3) is 0.0769. The average molecular weight is 304 g/mol. The summed E-state index contributed by atoms with van der Waals surface area (Å²) in [4.78, 5) is 10.2. The molecule has 21 heavy (non-hydrogen) atoms. The molecule has 0 aliphatic rings. The highest BCUT2D eigenvalue weighted by Gasteiger charge is 2.12. The summed E-state index contributed by atoms with van der Waals surface area (Å²) >= 11 is 5.86. The summed E-state index contributed by atoms with van der Waals surface area (Å²) in [5, 5.41) is 22.0. The van der Waals surface area contributed by atoms with Crippen LogP contribution in [-0.4, -0.2) is 19.9 Å². The third kappa shape index (κ3) is 2.63. The first-order valence-corrected chi connectivity index (χ1v) is 6.49. The lowest BCUT2D eigenvalue weighted by molar-refractivity contribution is -0.384. The van der Waals surface area contributed by atoms with Crippen molar-refractivity contribution < 1.29 is 4.92 Å². The molecule has 0 fully saturated rings. The number of hydrogen-bond acceptors (Lipinski definition) is 5. The molecule has 8 heteroatoms. The lowest BCUT2D eigenvalue weighted by Gasteiger charge is -2.07. The van der Waals surface area contributed by atoms with E-state index in [1.807, 2.05) is 24.3 Å². The van der Waals surface area contributed by atoms with Gasteiger partial charge >= 0.3 is 0 Å². The highest BCUT2D eigenvalue weighted by molar-refractivity contribution is 6.32. The van der Waals surface area contributed by atoms with Gasteiger partial charge < -0.3 is 5.32 Å². The summed E-state index contributed by atoms with van der Waals surface area (Å²) in [7, 11) is 0. The molecule has 1 heterocycles. The highest BCUT2D eigenvalue weighted by atomic mass is 35.5. The first-order chi connectivity index (χ1) is 10.1. The number of aromatic nitrogens is 3. The van der Waals surface area contributed by atoms with Crippen molar-refractivity contribution in [2.24, 2.45) is 0 Å². The Labute approximate surface area is 124 Å². The second kappa shape index (κ2) is 5.37. The number of hydrogen-bond donors (Lipinski definition) is 1. The number of nitro groups is 1. The molecule has 0 aliphatic carbocycles. The van der Waals surface area contributed by atoms with Crippen molar-refractivity contribution in [1.82, 2.24) is 15.0 Å². The predicted octanol–water partition coefficient (Wildman–Crippen LogP) is 3.06. The van der Waals surface area contributed by atoms with Crippen LogP contribution in [-0.2, 0) is 6.67 Å². The molecule has 3 rings (SSSR count). The topological polar surface area (TPSA) is 85.9 Å². The molecule has 1 aromatic heterocycles. The minimum atomic E-state index is -0.517. The molecule has 7 nitrogen and oxygen atoms in total. The molecule has 3 aromatic rings. The van der Waals surface area contributed by atoms with Crippen LogP contribution in [0.1, 0.15) is 0 Å². The van der Waals surface area contributed by atoms with E-state index in [1.54, 1.807) is 10.7 Å². The van der Waals surface area contributed by atoms with Gasteiger partial charge in [-0.2, -0.15) is 0 Å². The number of nitrogens with one attached hydrogen (secondary N) is 1. The van der Waals surface area contributed by atoms with Crippen molar-refractivity contribution in [3.63, 3.8) is 0 Å². The Bertz CT molecular complexity index is 817. The van der Waals surface area contributed by atoms with Crippen LogP contribution in [0.25, 0.3) is 11.0 Å². The van der Waals surface area contributed by atoms with Crippen molar-refractivity contribution >= 4 is 34.0 Å². The molecule has 0 saturated heterocycles. The predicted molar refractivity (Wildman–Crippen MR) is 79.3 cm³/mol. The van der Waals surface area contributed by atoms with Gasteiger partial charge in [-0.1, -0.05) is 28.9 Å². The van der Waals surface area contributed by atoms with E-state index in [4.69, 9.17) is 11.6 Å². The Hall–Kier alpha value is -2.67. The average Bonchev–Trinajstić information content (AvgIpc) is 2.88. The fourth-order valence-electron chi connectivity index (χ4n) is 1.97. The van der Waals surface area contributed by atoms with Gasteiger partial charge in [0.25, 0.3) is 5.69 Å². The summed E-state index contributed by atoms with van der Waals surface area (Å²) in [6, 6.07) is 12.1. The Morgan fingerprint density at radius 1 is 1.29 bits per heavy atom. The molecular formula is C13H10ClN5O2. The molecule has 0 unspecified atom stereocenters. The van der Waals surface area contributed by atoms with Crippen LogP contribution in [0.3, 0.4) is 0 Å². The second-order valence-electron chi connectivity index (χ2n) is 4.34. The largest absolute Gasteiger partial charge is 0.366 e. The van der Waals surface area contributed by atoms with Gasteiger partial charge in [0.2, 0.25) is 0 Å². The normalized spacial score (nSPS) is 10.7. The molecule has 0 aliphatic heterocycles. The van der Waals surface area contributed by atoms with Crippen LogP contribution in [0.2, 0.25) is 5.02 Å². The van der Waals surface area contributed by atoms with Gasteiger partial charge in [-0.15, -0.1) is 5.10 Å². The molecule has 0 bridgehead atoms. The molecule has 106 valence electrons. The maximum absolute atomic E-state index is 10.7. The lowest BCUT2D eigenvalue weighted by atomic mass is 10.3. The van der Waals surface area contributed by atoms with E-state index in [-0.39, 0.29) is 10.7 Å². The molecule has 0 spiro atoms. The first-order valence-electron chi connectivity index (χ1n) is 6.11. The van der Waals surface area contributed by atoms with Crippen molar-refractivity contribution in [3.8, 4) is 0 Å². The monoisotopic (exact) mass is 303 g/mol. The van der Waals surface area contributed by atoms with Gasteiger partial charge in [0, 0.05) is 11.8 Å². The molecule has 0 atom stereocenters. The van der Waals surface area contributed by atoms with Crippen molar-refractivity contribution in [1.29, 1.82) is 0 Å². The number of benzene rings is 2. The Balaban J connectivity index is 1.79. The van der Waals surface area contributed by atoms with Crippen LogP contribution in [0.15, 0.2) is 42.5 Å². The van der Waals surface area contributed by atoms with E-state index < -0.39 is 4.92 Å². The zero-order chi connectivity index (χ0) is 14.8. The molecule has 0 saturated carbocycles. The summed E-state index contributed by atoms with van der Waals surface area (Å²) in [6.07, 6.45) is 0. The smallest absolute Gasteiger partial charge is 0.288 e. The van der Waals surface area contributed by atoms with E-state index in [9.17, 15) is 10.1 Å². The molecular weight excluding hydrogens is 294 g/mol. The summed E-state index contributed by atoms with van der Waals surface area (Å²) in [6.45, 7) is 0.384. The van der Waals surface area contributed by atoms with Crippen LogP contribution in [0.4, 0.5) is 11.4 Å². The quantitative estimate of drug-likeness (QED) is 0.591. The maximum atomic E-state index is 10.7. The highest BCUT2D eigenvalue weighted by Crippen LogP contribution is 2.27. The third-order valence-electron chi connectivity index (χ3n) is 3.00. The van der Waals surface area contributed by atoms with Crippen LogP contribution in [0, 0.1) is 10.1 Å². The van der Waals surface area contributed by atoms with Crippen LogP contribution in [0.5, 0.6) is 0 Å². The van der Waals surface area contributed by atoms with Crippen molar-refractivity contribution in [2.45, 2.75) is 6.67 Å². The molecule has 0 radical (unpaired) electrons. The summed E-state index contributed by atoms with van der Waals surface area (Å²) in [5.74, 6) is 0. The number of nitrogens with zero attached hydrogens (tertiary/aromatic N) is 4. The van der Waals surface area contributed by atoms with Crippen molar-refractivity contribution in [2.75, 3.05) is 5.32 Å². The maximum Gasteiger partial charge on any atom is 0.288 e. The minimum absolute atomic E-state index is 0.0912. The lowest BCUT2D eigenvalue weighted by Crippen LogP contribution is -2.09. The molecule has 2 aromatic carbocycles. The van der Waals surface area contributed by atoms with E-state index in [0.717, 1.165) is 11.0 Å². The van der Waals surface area contributed by atoms with E-state index in [2.05, 4.69) is 15.6 Å². The number of rotatable bonds is 4.